The fourth-order valence-electron chi connectivity index (χ4n) is 3.06. The first-order valence-electron chi connectivity index (χ1n) is 9.75. The van der Waals surface area contributed by atoms with Crippen molar-refractivity contribution in [2.24, 2.45) is 0 Å². The minimum absolute atomic E-state index is 0.447. The van der Waals surface area contributed by atoms with Gasteiger partial charge in [0, 0.05) is 22.8 Å². The molecule has 29 heavy (non-hydrogen) atoms. The lowest BCUT2D eigenvalue weighted by Gasteiger charge is -2.18. The van der Waals surface area contributed by atoms with Gasteiger partial charge in [0.25, 0.3) is 0 Å². The highest BCUT2D eigenvalue weighted by atomic mass is 35.5. The van der Waals surface area contributed by atoms with Crippen LogP contribution in [0, 0.1) is 0 Å². The molecule has 0 fully saturated rings. The maximum Gasteiger partial charge on any atom is 0.165 e. The Bertz CT molecular complexity index is 924. The molecular weight excluding hydrogens is 382 g/mol. The van der Waals surface area contributed by atoms with Crippen LogP contribution in [-0.2, 0) is 19.6 Å². The molecule has 0 aromatic heterocycles. The number of halogens is 1. The molecule has 150 valence electrons. The molecule has 3 aromatic rings. The number of ether oxygens (including phenoxy) is 2. The summed E-state index contributed by atoms with van der Waals surface area (Å²) in [4.78, 5) is 0. The van der Waals surface area contributed by atoms with Crippen LogP contribution >= 0.6 is 11.6 Å². The van der Waals surface area contributed by atoms with Gasteiger partial charge in [0.05, 0.1) is 6.61 Å². The summed E-state index contributed by atoms with van der Waals surface area (Å²) in [6.07, 6.45) is 2.59. The van der Waals surface area contributed by atoms with E-state index in [0.717, 1.165) is 33.9 Å². The van der Waals surface area contributed by atoms with Crippen LogP contribution in [0.15, 0.2) is 79.4 Å². The first-order chi connectivity index (χ1) is 14.2. The Kier molecular flexibility index (Phi) is 7.60. The number of allylic oxidation sites excluding steroid dienone is 1. The summed E-state index contributed by atoms with van der Waals surface area (Å²) >= 11 is 5.98. The molecule has 0 heterocycles. The number of anilines is 1. The highest BCUT2D eigenvalue weighted by molar-refractivity contribution is 6.30. The number of para-hydroxylation sites is 1. The van der Waals surface area contributed by atoms with E-state index in [-0.39, 0.29) is 0 Å². The molecule has 0 spiro atoms. The van der Waals surface area contributed by atoms with E-state index >= 15 is 0 Å². The number of hydrogen-bond donors (Lipinski definition) is 1. The van der Waals surface area contributed by atoms with Crippen molar-refractivity contribution in [1.29, 1.82) is 0 Å². The van der Waals surface area contributed by atoms with Gasteiger partial charge in [-0.2, -0.15) is 0 Å². The zero-order valence-corrected chi connectivity index (χ0v) is 17.4. The highest BCUT2D eigenvalue weighted by Crippen LogP contribution is 2.35. The van der Waals surface area contributed by atoms with E-state index < -0.39 is 0 Å². The second-order valence-corrected chi connectivity index (χ2v) is 7.08. The molecule has 0 atom stereocenters. The van der Waals surface area contributed by atoms with E-state index in [4.69, 9.17) is 21.1 Å². The van der Waals surface area contributed by atoms with Gasteiger partial charge in [-0.25, -0.2) is 0 Å². The Morgan fingerprint density at radius 1 is 0.966 bits per heavy atom. The van der Waals surface area contributed by atoms with E-state index in [1.165, 1.54) is 0 Å². The fourth-order valence-corrected chi connectivity index (χ4v) is 3.18. The molecule has 0 bridgehead atoms. The van der Waals surface area contributed by atoms with Crippen LogP contribution in [0.2, 0.25) is 5.02 Å². The Labute approximate surface area is 177 Å². The van der Waals surface area contributed by atoms with Gasteiger partial charge in [-0.15, -0.1) is 6.58 Å². The van der Waals surface area contributed by atoms with E-state index in [1.54, 1.807) is 0 Å². The molecule has 3 nitrogen and oxygen atoms in total. The van der Waals surface area contributed by atoms with Gasteiger partial charge in [-0.1, -0.05) is 48.0 Å². The Morgan fingerprint density at radius 2 is 1.72 bits per heavy atom. The highest BCUT2D eigenvalue weighted by Gasteiger charge is 2.14. The number of hydrogen-bond acceptors (Lipinski definition) is 3. The molecule has 0 radical (unpaired) electrons. The molecule has 0 unspecified atom stereocenters. The number of rotatable bonds is 10. The van der Waals surface area contributed by atoms with Crippen LogP contribution in [0.1, 0.15) is 23.6 Å². The Morgan fingerprint density at radius 3 is 2.41 bits per heavy atom. The topological polar surface area (TPSA) is 30.5 Å². The van der Waals surface area contributed by atoms with Gasteiger partial charge >= 0.3 is 0 Å². The molecule has 0 aliphatic rings. The van der Waals surface area contributed by atoms with Gasteiger partial charge in [-0.3, -0.25) is 0 Å². The molecule has 4 heteroatoms. The van der Waals surface area contributed by atoms with E-state index in [0.29, 0.717) is 31.2 Å². The summed E-state index contributed by atoms with van der Waals surface area (Å²) in [5.74, 6) is 1.52. The van der Waals surface area contributed by atoms with Crippen LogP contribution in [0.25, 0.3) is 0 Å². The lowest BCUT2D eigenvalue weighted by molar-refractivity contribution is 0.267. The summed E-state index contributed by atoms with van der Waals surface area (Å²) in [5, 5.41) is 4.16. The van der Waals surface area contributed by atoms with Crippen LogP contribution in [0.3, 0.4) is 0 Å². The minimum atomic E-state index is 0.447. The first-order valence-corrected chi connectivity index (χ1v) is 10.1. The zero-order chi connectivity index (χ0) is 20.5. The third kappa shape index (κ3) is 6.03. The predicted octanol–water partition coefficient (Wildman–Crippen LogP) is 6.66. The average molecular weight is 408 g/mol. The second kappa shape index (κ2) is 10.6. The van der Waals surface area contributed by atoms with Gasteiger partial charge < -0.3 is 14.8 Å². The summed E-state index contributed by atoms with van der Waals surface area (Å²) in [6.45, 7) is 7.59. The molecule has 0 amide bonds. The smallest absolute Gasteiger partial charge is 0.165 e. The van der Waals surface area contributed by atoms with Crippen LogP contribution in [0.5, 0.6) is 11.5 Å². The summed E-state index contributed by atoms with van der Waals surface area (Å²) in [7, 11) is 0. The largest absolute Gasteiger partial charge is 0.490 e. The van der Waals surface area contributed by atoms with Crippen molar-refractivity contribution in [2.45, 2.75) is 26.5 Å². The van der Waals surface area contributed by atoms with Crippen molar-refractivity contribution < 1.29 is 9.47 Å². The standard InChI is InChI=1S/C25H26ClNO2/c1-3-8-21-15-20(17-27-23-9-6-5-7-10-23)16-24(28-4-2)25(21)29-18-19-11-13-22(26)14-12-19/h3,5-7,9-16,27H,1,4,8,17-18H2,2H3. The van der Waals surface area contributed by atoms with Crippen LogP contribution in [-0.4, -0.2) is 6.61 Å². The van der Waals surface area contributed by atoms with Gasteiger partial charge in [0.1, 0.15) is 6.61 Å². The lowest BCUT2D eigenvalue weighted by Crippen LogP contribution is -2.06. The normalized spacial score (nSPS) is 10.4. The monoisotopic (exact) mass is 407 g/mol. The quantitative estimate of drug-likeness (QED) is 0.381. The van der Waals surface area contributed by atoms with Gasteiger partial charge in [0.2, 0.25) is 0 Å². The molecular formula is C25H26ClNO2. The third-order valence-electron chi connectivity index (χ3n) is 4.42. The maximum atomic E-state index is 6.18. The number of nitrogens with one attached hydrogen (secondary N) is 1. The average Bonchev–Trinajstić information content (AvgIpc) is 2.74. The number of benzene rings is 3. The lowest BCUT2D eigenvalue weighted by atomic mass is 10.1. The predicted molar refractivity (Wildman–Crippen MR) is 121 cm³/mol. The fraction of sp³-hybridized carbons (Fsp3) is 0.200. The van der Waals surface area contributed by atoms with Crippen molar-refractivity contribution >= 4 is 17.3 Å². The van der Waals surface area contributed by atoms with Crippen LogP contribution < -0.4 is 14.8 Å². The molecule has 3 aromatic carbocycles. The summed E-state index contributed by atoms with van der Waals surface area (Å²) in [5.41, 5.74) is 4.33. The molecule has 1 N–H and O–H groups in total. The minimum Gasteiger partial charge on any atom is -0.490 e. The molecule has 0 aliphatic carbocycles. The maximum absolute atomic E-state index is 6.18. The third-order valence-corrected chi connectivity index (χ3v) is 4.67. The van der Waals surface area contributed by atoms with Crippen molar-refractivity contribution in [3.63, 3.8) is 0 Å². The summed E-state index contributed by atoms with van der Waals surface area (Å²) in [6, 6.07) is 22.0. The Balaban J connectivity index is 1.82. The van der Waals surface area contributed by atoms with E-state index in [1.807, 2.05) is 61.5 Å². The summed E-state index contributed by atoms with van der Waals surface area (Å²) < 4.78 is 12.1. The van der Waals surface area contributed by atoms with E-state index in [2.05, 4.69) is 30.1 Å². The Hall–Kier alpha value is -2.91. The van der Waals surface area contributed by atoms with Crippen molar-refractivity contribution in [3.05, 3.63) is 101 Å². The van der Waals surface area contributed by atoms with Gasteiger partial charge in [-0.05, 0) is 60.9 Å². The SMILES string of the molecule is C=CCc1cc(CNc2ccccc2)cc(OCC)c1OCc1ccc(Cl)cc1. The molecule has 0 saturated carbocycles. The van der Waals surface area contributed by atoms with Crippen molar-refractivity contribution in [2.75, 3.05) is 11.9 Å². The molecule has 0 saturated heterocycles. The molecule has 3 rings (SSSR count). The van der Waals surface area contributed by atoms with Crippen LogP contribution in [0.4, 0.5) is 5.69 Å². The van der Waals surface area contributed by atoms with Crippen molar-refractivity contribution in [3.8, 4) is 11.5 Å². The molecule has 0 aliphatic heterocycles. The van der Waals surface area contributed by atoms with E-state index in [9.17, 15) is 0 Å². The van der Waals surface area contributed by atoms with Gasteiger partial charge in [0.15, 0.2) is 11.5 Å². The van der Waals surface area contributed by atoms with Crippen molar-refractivity contribution in [1.82, 2.24) is 0 Å². The first kappa shape index (κ1) is 20.8. The second-order valence-electron chi connectivity index (χ2n) is 6.64. The zero-order valence-electron chi connectivity index (χ0n) is 16.7.